The van der Waals surface area contributed by atoms with Crippen molar-refractivity contribution in [1.82, 2.24) is 25.1 Å². The minimum Gasteiger partial charge on any atom is -0.489 e. The minimum atomic E-state index is -1.20. The van der Waals surface area contributed by atoms with Gasteiger partial charge in [-0.15, -0.1) is 0 Å². The van der Waals surface area contributed by atoms with Crippen LogP contribution in [-0.2, 0) is 28.2 Å². The summed E-state index contributed by atoms with van der Waals surface area (Å²) in [7, 11) is 4.17. The van der Waals surface area contributed by atoms with E-state index in [0.717, 1.165) is 4.90 Å². The minimum absolute atomic E-state index is 0.0516. The zero-order valence-corrected chi connectivity index (χ0v) is 21.9. The molecule has 0 atom stereocenters. The van der Waals surface area contributed by atoms with Gasteiger partial charge >= 0.3 is 11.8 Å². The van der Waals surface area contributed by atoms with E-state index in [1.54, 1.807) is 19.1 Å². The van der Waals surface area contributed by atoms with Crippen molar-refractivity contribution in [2.45, 2.75) is 51.2 Å². The van der Waals surface area contributed by atoms with E-state index < -0.39 is 34.2 Å². The third kappa shape index (κ3) is 4.75. The van der Waals surface area contributed by atoms with Crippen LogP contribution in [0.1, 0.15) is 53.1 Å². The lowest BCUT2D eigenvalue weighted by Crippen LogP contribution is -2.54. The SMILES string of the molecule is COc1c(C(=O)NCc2ccc(F)c(C)c2)nc2n(c1=O)CC1(CO)CCC2(NC(=O)C(=O)N(C)C)CC1. The smallest absolute Gasteiger partial charge is 0.311 e. The first-order valence-electron chi connectivity index (χ1n) is 12.3. The van der Waals surface area contributed by atoms with Crippen molar-refractivity contribution < 1.29 is 28.6 Å². The fourth-order valence-corrected chi connectivity index (χ4v) is 5.26. The number of amides is 3. The standard InChI is InChI=1S/C26H32FN5O6/c1-15-11-16(5-6-17(15)27)12-28-20(34)18-19(38-4)22(36)32-13-25(14-33)7-9-26(10-8-25,24(32)29-18)30-21(35)23(37)31(2)3/h5-6,11,33H,7-10,12-14H2,1-4H3,(H,28,34)(H,30,35). The number of hydrogen-bond acceptors (Lipinski definition) is 7. The molecule has 1 aromatic carbocycles. The van der Waals surface area contributed by atoms with Gasteiger partial charge < -0.3 is 25.4 Å². The summed E-state index contributed by atoms with van der Waals surface area (Å²) in [6, 6.07) is 4.45. The molecule has 3 aliphatic rings. The number of aromatic nitrogens is 2. The number of fused-ring (bicyclic) bond motifs is 2. The lowest BCUT2D eigenvalue weighted by atomic mass is 9.69. The predicted molar refractivity (Wildman–Crippen MR) is 134 cm³/mol. The third-order valence-corrected chi connectivity index (χ3v) is 7.60. The molecule has 0 unspecified atom stereocenters. The van der Waals surface area contributed by atoms with Crippen molar-refractivity contribution in [3.63, 3.8) is 0 Å². The van der Waals surface area contributed by atoms with Crippen molar-refractivity contribution in [1.29, 1.82) is 0 Å². The number of ether oxygens (including phenoxy) is 1. The van der Waals surface area contributed by atoms with E-state index in [-0.39, 0.29) is 42.8 Å². The second-order valence-electron chi connectivity index (χ2n) is 10.4. The molecular weight excluding hydrogens is 497 g/mol. The van der Waals surface area contributed by atoms with Crippen LogP contribution in [0.2, 0.25) is 0 Å². The molecular formula is C26H32FN5O6. The number of halogens is 1. The molecule has 2 bridgehead atoms. The van der Waals surface area contributed by atoms with E-state index in [2.05, 4.69) is 15.6 Å². The topological polar surface area (TPSA) is 143 Å². The van der Waals surface area contributed by atoms with Gasteiger partial charge in [-0.3, -0.25) is 23.7 Å². The molecule has 1 aromatic heterocycles. The quantitative estimate of drug-likeness (QED) is 0.465. The van der Waals surface area contributed by atoms with Gasteiger partial charge in [0.1, 0.15) is 11.6 Å². The Morgan fingerprint density at radius 1 is 1.21 bits per heavy atom. The monoisotopic (exact) mass is 529 g/mol. The van der Waals surface area contributed by atoms with E-state index >= 15 is 0 Å². The van der Waals surface area contributed by atoms with Crippen LogP contribution < -0.4 is 20.9 Å². The number of carbonyl (C=O) groups excluding carboxylic acids is 3. The van der Waals surface area contributed by atoms with Gasteiger partial charge in [0.15, 0.2) is 5.69 Å². The van der Waals surface area contributed by atoms with Crippen molar-refractivity contribution in [2.75, 3.05) is 27.8 Å². The first-order valence-corrected chi connectivity index (χ1v) is 12.3. The Morgan fingerprint density at radius 2 is 1.89 bits per heavy atom. The zero-order chi connectivity index (χ0) is 27.8. The molecule has 1 aliphatic carbocycles. The van der Waals surface area contributed by atoms with E-state index in [1.165, 1.54) is 31.8 Å². The Kier molecular flexibility index (Phi) is 7.29. The van der Waals surface area contributed by atoms with Crippen molar-refractivity contribution >= 4 is 17.7 Å². The number of hydrogen-bond donors (Lipinski definition) is 3. The number of rotatable bonds is 6. The van der Waals surface area contributed by atoms with Gasteiger partial charge in [-0.1, -0.05) is 12.1 Å². The fourth-order valence-electron chi connectivity index (χ4n) is 5.26. The molecule has 5 rings (SSSR count). The van der Waals surface area contributed by atoms with E-state index in [9.17, 15) is 28.7 Å². The van der Waals surface area contributed by atoms with Crippen LogP contribution in [0.4, 0.5) is 4.39 Å². The van der Waals surface area contributed by atoms with Gasteiger partial charge in [0.05, 0.1) is 19.3 Å². The summed E-state index contributed by atoms with van der Waals surface area (Å²) < 4.78 is 20.3. The molecule has 1 saturated carbocycles. The van der Waals surface area contributed by atoms with E-state index in [1.807, 2.05) is 0 Å². The maximum absolute atomic E-state index is 13.6. The number of carbonyl (C=O) groups is 3. The lowest BCUT2D eigenvalue weighted by Gasteiger charge is -2.41. The molecule has 11 nitrogen and oxygen atoms in total. The maximum Gasteiger partial charge on any atom is 0.311 e. The second-order valence-corrected chi connectivity index (χ2v) is 10.4. The zero-order valence-electron chi connectivity index (χ0n) is 21.9. The van der Waals surface area contributed by atoms with Crippen LogP contribution in [0.3, 0.4) is 0 Å². The predicted octanol–water partition coefficient (Wildman–Crippen LogP) is 0.595. The van der Waals surface area contributed by atoms with Crippen molar-refractivity contribution in [3.05, 3.63) is 57.0 Å². The number of benzene rings is 1. The van der Waals surface area contributed by atoms with Gasteiger partial charge in [0.25, 0.3) is 11.5 Å². The molecule has 38 heavy (non-hydrogen) atoms. The third-order valence-electron chi connectivity index (χ3n) is 7.60. The Hall–Kier alpha value is -3.80. The van der Waals surface area contributed by atoms with Gasteiger partial charge in [0.2, 0.25) is 5.75 Å². The summed E-state index contributed by atoms with van der Waals surface area (Å²) >= 11 is 0. The first-order chi connectivity index (χ1) is 18.0. The summed E-state index contributed by atoms with van der Waals surface area (Å²) in [5.41, 5.74) is -1.64. The van der Waals surface area contributed by atoms with Gasteiger partial charge in [-0.25, -0.2) is 9.37 Å². The highest BCUT2D eigenvalue weighted by Crippen LogP contribution is 2.49. The van der Waals surface area contributed by atoms with Crippen LogP contribution in [0.5, 0.6) is 5.75 Å². The summed E-state index contributed by atoms with van der Waals surface area (Å²) in [6.45, 7) is 1.61. The average molecular weight is 530 g/mol. The number of aryl methyl sites for hydroxylation is 1. The number of aliphatic hydroxyl groups is 1. The largest absolute Gasteiger partial charge is 0.489 e. The normalized spacial score (nSPS) is 21.7. The first kappa shape index (κ1) is 27.2. The van der Waals surface area contributed by atoms with Gasteiger partial charge in [-0.2, -0.15) is 0 Å². The van der Waals surface area contributed by atoms with Crippen molar-refractivity contribution in [2.24, 2.45) is 5.41 Å². The van der Waals surface area contributed by atoms with Crippen LogP contribution in [0.25, 0.3) is 0 Å². The van der Waals surface area contributed by atoms with Crippen molar-refractivity contribution in [3.8, 4) is 5.75 Å². The number of methoxy groups -OCH3 is 1. The Balaban J connectivity index is 1.77. The molecule has 2 aliphatic heterocycles. The van der Waals surface area contributed by atoms with E-state index in [4.69, 9.17) is 4.74 Å². The Labute approximate surface area is 219 Å². The van der Waals surface area contributed by atoms with Crippen LogP contribution >= 0.6 is 0 Å². The van der Waals surface area contributed by atoms with Crippen LogP contribution in [0, 0.1) is 18.2 Å². The highest BCUT2D eigenvalue weighted by Gasteiger charge is 2.52. The van der Waals surface area contributed by atoms with Crippen LogP contribution in [0.15, 0.2) is 23.0 Å². The Morgan fingerprint density at radius 3 is 2.47 bits per heavy atom. The Bertz CT molecular complexity index is 1350. The number of nitrogens with one attached hydrogen (secondary N) is 2. The molecule has 2 aromatic rings. The average Bonchev–Trinajstić information content (AvgIpc) is 3.12. The fraction of sp³-hybridized carbons (Fsp3) is 0.500. The number of aliphatic hydroxyl groups excluding tert-OH is 1. The van der Waals surface area contributed by atoms with Gasteiger partial charge in [-0.05, 0) is 49.8 Å². The summed E-state index contributed by atoms with van der Waals surface area (Å²) in [5, 5.41) is 15.7. The summed E-state index contributed by atoms with van der Waals surface area (Å²) in [6.07, 6.45) is 1.57. The van der Waals surface area contributed by atoms with E-state index in [0.29, 0.717) is 36.8 Å². The van der Waals surface area contributed by atoms with Crippen LogP contribution in [-0.4, -0.2) is 65.1 Å². The highest BCUT2D eigenvalue weighted by atomic mass is 19.1. The molecule has 0 spiro atoms. The summed E-state index contributed by atoms with van der Waals surface area (Å²) in [4.78, 5) is 57.8. The number of nitrogens with zero attached hydrogens (tertiary/aromatic N) is 3. The molecule has 204 valence electrons. The van der Waals surface area contributed by atoms with Gasteiger partial charge in [0, 0.05) is 32.6 Å². The lowest BCUT2D eigenvalue weighted by molar-refractivity contribution is -0.145. The molecule has 1 fully saturated rings. The molecule has 3 N–H and O–H groups in total. The highest BCUT2D eigenvalue weighted by molar-refractivity contribution is 6.35. The number of likely N-dealkylation sites (N-methyl/N-ethyl adjacent to an activating group) is 1. The molecule has 3 heterocycles. The summed E-state index contributed by atoms with van der Waals surface area (Å²) in [5.74, 6) is -2.82. The molecule has 0 radical (unpaired) electrons. The maximum atomic E-state index is 13.6. The molecule has 12 heteroatoms. The second kappa shape index (κ2) is 10.2. The molecule has 0 saturated heterocycles. The molecule has 3 amide bonds.